The summed E-state index contributed by atoms with van der Waals surface area (Å²) in [6.45, 7) is 2.69. The molecule has 1 aromatic heterocycles. The van der Waals surface area contributed by atoms with Crippen LogP contribution < -0.4 is 0 Å². The third-order valence-corrected chi connectivity index (χ3v) is 7.78. The predicted molar refractivity (Wildman–Crippen MR) is 100 cm³/mol. The van der Waals surface area contributed by atoms with Crippen molar-refractivity contribution in [3.05, 3.63) is 57.0 Å². The van der Waals surface area contributed by atoms with Crippen LogP contribution in [0.1, 0.15) is 5.69 Å². The second kappa shape index (κ2) is 7.79. The lowest BCUT2D eigenvalue weighted by molar-refractivity contribution is 0.180. The Morgan fingerprint density at radius 1 is 1.08 bits per heavy atom. The van der Waals surface area contributed by atoms with Gasteiger partial charge in [0.05, 0.1) is 5.69 Å². The van der Waals surface area contributed by atoms with Crippen LogP contribution in [0.15, 0.2) is 50.4 Å². The van der Waals surface area contributed by atoms with E-state index in [4.69, 9.17) is 0 Å². The minimum absolute atomic E-state index is 0.0621. The average molecular weight is 493 g/mol. The molecule has 9 heteroatoms. The number of hydrogen-bond acceptors (Lipinski definition) is 4. The topological polar surface area (TPSA) is 53.5 Å². The van der Waals surface area contributed by atoms with Gasteiger partial charge in [-0.3, -0.25) is 9.88 Å². The maximum atomic E-state index is 13.4. The van der Waals surface area contributed by atoms with Gasteiger partial charge in [-0.2, -0.15) is 4.31 Å². The van der Waals surface area contributed by atoms with Crippen molar-refractivity contribution in [3.8, 4) is 0 Å². The van der Waals surface area contributed by atoms with Crippen molar-refractivity contribution in [2.45, 2.75) is 11.4 Å². The van der Waals surface area contributed by atoms with Gasteiger partial charge in [-0.1, -0.05) is 6.07 Å². The Balaban J connectivity index is 1.72. The molecular weight excluding hydrogens is 477 g/mol. The molecule has 0 spiro atoms. The molecule has 0 N–H and O–H groups in total. The Morgan fingerprint density at radius 2 is 1.72 bits per heavy atom. The van der Waals surface area contributed by atoms with Crippen molar-refractivity contribution < 1.29 is 12.8 Å². The van der Waals surface area contributed by atoms with E-state index in [2.05, 4.69) is 41.7 Å². The molecule has 0 atom stereocenters. The van der Waals surface area contributed by atoms with Crippen LogP contribution in [0, 0.1) is 5.82 Å². The summed E-state index contributed by atoms with van der Waals surface area (Å²) < 4.78 is 41.1. The molecule has 0 amide bonds. The highest BCUT2D eigenvalue weighted by Crippen LogP contribution is 2.33. The Hall–Kier alpha value is -0.870. The zero-order valence-electron chi connectivity index (χ0n) is 13.2. The number of aromatic nitrogens is 1. The van der Waals surface area contributed by atoms with Gasteiger partial charge in [0.2, 0.25) is 10.0 Å². The molecule has 1 aliphatic rings. The van der Waals surface area contributed by atoms with E-state index in [1.54, 1.807) is 6.20 Å². The molecule has 0 saturated carbocycles. The van der Waals surface area contributed by atoms with Gasteiger partial charge in [-0.15, -0.1) is 0 Å². The molecule has 0 aliphatic carbocycles. The summed E-state index contributed by atoms with van der Waals surface area (Å²) in [5.41, 5.74) is 0.961. The lowest BCUT2D eigenvalue weighted by Gasteiger charge is -2.34. The molecule has 2 aromatic rings. The van der Waals surface area contributed by atoms with E-state index in [1.165, 1.54) is 4.31 Å². The van der Waals surface area contributed by atoms with Crippen LogP contribution in [0.2, 0.25) is 0 Å². The third-order valence-electron chi connectivity index (χ3n) is 4.00. The highest BCUT2D eigenvalue weighted by molar-refractivity contribution is 9.11. The van der Waals surface area contributed by atoms with Crippen molar-refractivity contribution in [3.63, 3.8) is 0 Å². The molecule has 25 heavy (non-hydrogen) atoms. The van der Waals surface area contributed by atoms with E-state index in [1.807, 2.05) is 18.2 Å². The van der Waals surface area contributed by atoms with Crippen LogP contribution in [0.4, 0.5) is 4.39 Å². The Labute approximate surface area is 163 Å². The van der Waals surface area contributed by atoms with Gasteiger partial charge in [-0.25, -0.2) is 12.8 Å². The van der Waals surface area contributed by atoms with E-state index in [-0.39, 0.29) is 13.8 Å². The first-order valence-corrected chi connectivity index (χ1v) is 10.7. The third kappa shape index (κ3) is 4.28. The summed E-state index contributed by atoms with van der Waals surface area (Å²) in [6, 6.07) is 8.08. The zero-order valence-corrected chi connectivity index (χ0v) is 17.2. The lowest BCUT2D eigenvalue weighted by Crippen LogP contribution is -2.48. The summed E-state index contributed by atoms with van der Waals surface area (Å²) in [4.78, 5) is 6.53. The molecule has 1 aliphatic heterocycles. The zero-order chi connectivity index (χ0) is 18.0. The molecule has 0 unspecified atom stereocenters. The van der Waals surface area contributed by atoms with E-state index < -0.39 is 15.8 Å². The normalized spacial score (nSPS) is 16.9. The summed E-state index contributed by atoms with van der Waals surface area (Å²) in [7, 11) is -3.71. The fourth-order valence-corrected chi connectivity index (χ4v) is 6.62. The second-order valence-corrected chi connectivity index (χ2v) is 9.28. The SMILES string of the molecule is O=S(=O)(c1c(Br)cc(F)cc1Br)N1CCN(Cc2ccccn2)CC1. The molecule has 0 radical (unpaired) electrons. The van der Waals surface area contributed by atoms with Crippen molar-refractivity contribution in [2.24, 2.45) is 0 Å². The fourth-order valence-electron chi connectivity index (χ4n) is 2.75. The minimum Gasteiger partial charge on any atom is -0.295 e. The Bertz CT molecular complexity index is 834. The predicted octanol–water partition coefficient (Wildman–Crippen LogP) is 3.25. The summed E-state index contributed by atoms with van der Waals surface area (Å²) in [5.74, 6) is -0.502. The summed E-state index contributed by atoms with van der Waals surface area (Å²) >= 11 is 6.32. The second-order valence-electron chi connectivity index (χ2n) is 5.70. The smallest absolute Gasteiger partial charge is 0.245 e. The van der Waals surface area contributed by atoms with Gasteiger partial charge in [0.25, 0.3) is 0 Å². The summed E-state index contributed by atoms with van der Waals surface area (Å²) in [5, 5.41) is 0. The quantitative estimate of drug-likeness (QED) is 0.657. The number of benzene rings is 1. The average Bonchev–Trinajstić information content (AvgIpc) is 2.55. The Morgan fingerprint density at radius 3 is 2.28 bits per heavy atom. The molecule has 1 saturated heterocycles. The molecule has 1 fully saturated rings. The van der Waals surface area contributed by atoms with Crippen LogP contribution in [0.25, 0.3) is 0 Å². The minimum atomic E-state index is -3.71. The van der Waals surface area contributed by atoms with Crippen LogP contribution >= 0.6 is 31.9 Å². The van der Waals surface area contributed by atoms with Crippen LogP contribution in [-0.2, 0) is 16.6 Å². The monoisotopic (exact) mass is 491 g/mol. The first-order chi connectivity index (χ1) is 11.9. The van der Waals surface area contributed by atoms with Crippen LogP contribution in [-0.4, -0.2) is 48.8 Å². The van der Waals surface area contributed by atoms with Crippen molar-refractivity contribution in [1.82, 2.24) is 14.2 Å². The number of nitrogens with zero attached hydrogens (tertiary/aromatic N) is 3. The van der Waals surface area contributed by atoms with Gasteiger partial charge in [0, 0.05) is 47.9 Å². The maximum Gasteiger partial charge on any atom is 0.245 e. The van der Waals surface area contributed by atoms with E-state index in [0.717, 1.165) is 17.8 Å². The van der Waals surface area contributed by atoms with Crippen LogP contribution in [0.3, 0.4) is 0 Å². The molecule has 5 nitrogen and oxygen atoms in total. The van der Waals surface area contributed by atoms with Gasteiger partial charge in [0.15, 0.2) is 0 Å². The number of halogens is 3. The van der Waals surface area contributed by atoms with Gasteiger partial charge >= 0.3 is 0 Å². The molecular formula is C16H16Br2FN3O2S. The molecule has 0 bridgehead atoms. The van der Waals surface area contributed by atoms with E-state index >= 15 is 0 Å². The maximum absolute atomic E-state index is 13.4. The van der Waals surface area contributed by atoms with E-state index in [0.29, 0.717) is 32.7 Å². The van der Waals surface area contributed by atoms with Crippen molar-refractivity contribution in [1.29, 1.82) is 0 Å². The first-order valence-electron chi connectivity index (χ1n) is 7.65. The number of piperazine rings is 1. The molecule has 3 rings (SSSR count). The highest BCUT2D eigenvalue weighted by atomic mass is 79.9. The fraction of sp³-hybridized carbons (Fsp3) is 0.312. The van der Waals surface area contributed by atoms with Gasteiger partial charge in [-0.05, 0) is 56.1 Å². The lowest BCUT2D eigenvalue weighted by atomic mass is 10.3. The first kappa shape index (κ1) is 18.9. The highest BCUT2D eigenvalue weighted by Gasteiger charge is 2.32. The molecule has 1 aromatic carbocycles. The van der Waals surface area contributed by atoms with Gasteiger partial charge < -0.3 is 0 Å². The van der Waals surface area contributed by atoms with Gasteiger partial charge in [0.1, 0.15) is 10.7 Å². The molecule has 2 heterocycles. The number of rotatable bonds is 4. The van der Waals surface area contributed by atoms with Crippen molar-refractivity contribution >= 4 is 41.9 Å². The number of hydrogen-bond donors (Lipinski definition) is 0. The largest absolute Gasteiger partial charge is 0.295 e. The number of sulfonamides is 1. The number of pyridine rings is 1. The van der Waals surface area contributed by atoms with Crippen molar-refractivity contribution in [2.75, 3.05) is 26.2 Å². The summed E-state index contributed by atoms with van der Waals surface area (Å²) in [6.07, 6.45) is 1.75. The van der Waals surface area contributed by atoms with E-state index in [9.17, 15) is 12.8 Å². The standard InChI is InChI=1S/C16H16Br2FN3O2S/c17-14-9-12(19)10-15(18)16(14)25(23,24)22-7-5-21(6-8-22)11-13-3-1-2-4-20-13/h1-4,9-10H,5-8,11H2. The molecule has 134 valence electrons. The van der Waals surface area contributed by atoms with Crippen LogP contribution in [0.5, 0.6) is 0 Å². The Kier molecular flexibility index (Phi) is 5.89.